The number of amides is 1. The summed E-state index contributed by atoms with van der Waals surface area (Å²) in [7, 11) is 0. The molecule has 4 aromatic rings. The molecule has 0 bridgehead atoms. The van der Waals surface area contributed by atoms with Crippen LogP contribution in [0.2, 0.25) is 5.02 Å². The Balaban J connectivity index is 1.47. The van der Waals surface area contributed by atoms with Crippen LogP contribution in [0.3, 0.4) is 0 Å². The lowest BCUT2D eigenvalue weighted by molar-refractivity contribution is 0.0887. The Labute approximate surface area is 229 Å². The summed E-state index contributed by atoms with van der Waals surface area (Å²) >= 11 is 6.09. The van der Waals surface area contributed by atoms with Gasteiger partial charge in [-0.25, -0.2) is 9.36 Å². The van der Waals surface area contributed by atoms with Crippen molar-refractivity contribution in [1.29, 1.82) is 0 Å². The highest BCUT2D eigenvalue weighted by Crippen LogP contribution is 2.40. The number of benzene rings is 2. The summed E-state index contributed by atoms with van der Waals surface area (Å²) in [5.74, 6) is 0.585. The van der Waals surface area contributed by atoms with Crippen molar-refractivity contribution >= 4 is 23.3 Å². The Morgan fingerprint density at radius 2 is 1.82 bits per heavy atom. The quantitative estimate of drug-likeness (QED) is 0.276. The molecule has 0 fully saturated rings. The number of carbonyl (C=O) groups excluding carboxylic acids is 1. The van der Waals surface area contributed by atoms with Crippen molar-refractivity contribution in [2.75, 3.05) is 5.32 Å². The highest BCUT2D eigenvalue weighted by Gasteiger charge is 2.39. The maximum absolute atomic E-state index is 13.9. The lowest BCUT2D eigenvalue weighted by Gasteiger charge is -2.38. The van der Waals surface area contributed by atoms with Gasteiger partial charge >= 0.3 is 0 Å². The number of hydrogen-bond donors (Lipinski definition) is 2. The summed E-state index contributed by atoms with van der Waals surface area (Å²) in [6.45, 7) is 10.5. The van der Waals surface area contributed by atoms with Crippen LogP contribution in [-0.2, 0) is 11.1 Å². The van der Waals surface area contributed by atoms with Crippen molar-refractivity contribution in [3.05, 3.63) is 94.4 Å². The van der Waals surface area contributed by atoms with Crippen LogP contribution in [0.15, 0.2) is 66.9 Å². The van der Waals surface area contributed by atoms with E-state index in [2.05, 4.69) is 61.6 Å². The van der Waals surface area contributed by atoms with Crippen LogP contribution in [0.5, 0.6) is 0 Å². The number of fused-ring (bicyclic) bond motifs is 1. The van der Waals surface area contributed by atoms with Crippen LogP contribution < -0.4 is 10.6 Å². The van der Waals surface area contributed by atoms with E-state index in [9.17, 15) is 4.79 Å². The van der Waals surface area contributed by atoms with Crippen LogP contribution in [-0.4, -0.2) is 25.5 Å². The minimum absolute atomic E-state index is 0.0850. The Bertz CT molecular complexity index is 1430. The number of hydrogen-bond acceptors (Lipinski definition) is 4. The first-order valence-corrected chi connectivity index (χ1v) is 13.6. The van der Waals surface area contributed by atoms with Crippen molar-refractivity contribution in [1.82, 2.24) is 24.9 Å². The van der Waals surface area contributed by atoms with Crippen LogP contribution in [0.25, 0.3) is 5.69 Å². The lowest BCUT2D eigenvalue weighted by Crippen LogP contribution is -2.46. The highest BCUT2D eigenvalue weighted by atomic mass is 35.5. The van der Waals surface area contributed by atoms with Gasteiger partial charge in [0, 0.05) is 10.7 Å². The number of anilines is 1. The van der Waals surface area contributed by atoms with Gasteiger partial charge in [0.1, 0.15) is 11.4 Å². The normalized spacial score (nSPS) is 16.5. The largest absolute Gasteiger partial charge is 0.363 e. The number of carbonyl (C=O) groups is 1. The van der Waals surface area contributed by atoms with Crippen LogP contribution in [0.1, 0.15) is 80.3 Å². The molecule has 0 saturated carbocycles. The Morgan fingerprint density at radius 3 is 2.47 bits per heavy atom. The summed E-state index contributed by atoms with van der Waals surface area (Å²) in [5.41, 5.74) is 3.60. The predicted molar refractivity (Wildman–Crippen MR) is 152 cm³/mol. The molecule has 1 aliphatic heterocycles. The molecule has 7 nitrogen and oxygen atoms in total. The van der Waals surface area contributed by atoms with E-state index in [0.717, 1.165) is 29.3 Å². The van der Waals surface area contributed by atoms with Gasteiger partial charge in [0.15, 0.2) is 0 Å². The molecule has 0 radical (unpaired) electrons. The first kappa shape index (κ1) is 26.0. The van der Waals surface area contributed by atoms with Gasteiger partial charge in [-0.15, -0.1) is 0 Å². The second kappa shape index (κ2) is 9.95. The highest BCUT2D eigenvalue weighted by molar-refractivity contribution is 6.30. The van der Waals surface area contributed by atoms with Gasteiger partial charge in [0.05, 0.1) is 34.7 Å². The molecule has 0 spiro atoms. The summed E-state index contributed by atoms with van der Waals surface area (Å²) in [6, 6.07) is 20.1. The molecule has 5 rings (SSSR count). The first-order valence-electron chi connectivity index (χ1n) is 13.2. The molecule has 1 unspecified atom stereocenters. The molecule has 1 amide bonds. The Hall–Kier alpha value is -3.58. The van der Waals surface area contributed by atoms with E-state index in [-0.39, 0.29) is 17.5 Å². The van der Waals surface area contributed by atoms with E-state index < -0.39 is 5.54 Å². The SMILES string of the molecule is CCC(CC)(NC(=O)c1cnn2c1NC(c1ccccc1)CC2(C)C)c1cc(C)n(-c2ccc(Cl)cc2)n1. The fourth-order valence-corrected chi connectivity index (χ4v) is 5.62. The summed E-state index contributed by atoms with van der Waals surface area (Å²) in [4.78, 5) is 13.9. The molecule has 3 heterocycles. The molecule has 0 saturated heterocycles. The van der Waals surface area contributed by atoms with E-state index >= 15 is 0 Å². The molecule has 0 aliphatic carbocycles. The van der Waals surface area contributed by atoms with E-state index in [1.807, 2.05) is 58.8 Å². The smallest absolute Gasteiger partial charge is 0.257 e. The van der Waals surface area contributed by atoms with Gasteiger partial charge in [-0.1, -0.05) is 55.8 Å². The van der Waals surface area contributed by atoms with Crippen molar-refractivity contribution < 1.29 is 4.79 Å². The molecule has 2 N–H and O–H groups in total. The number of nitrogens with zero attached hydrogens (tertiary/aromatic N) is 4. The summed E-state index contributed by atoms with van der Waals surface area (Å²) < 4.78 is 3.84. The van der Waals surface area contributed by atoms with Crippen molar-refractivity contribution in [3.63, 3.8) is 0 Å². The third-order valence-electron chi connectivity index (χ3n) is 7.81. The fraction of sp³-hybridized carbons (Fsp3) is 0.367. The van der Waals surface area contributed by atoms with Gasteiger partial charge in [-0.2, -0.15) is 10.2 Å². The maximum Gasteiger partial charge on any atom is 0.257 e. The third-order valence-corrected chi connectivity index (χ3v) is 8.06. The Morgan fingerprint density at radius 1 is 1.13 bits per heavy atom. The van der Waals surface area contributed by atoms with Crippen molar-refractivity contribution in [2.45, 2.75) is 71.0 Å². The van der Waals surface area contributed by atoms with Crippen LogP contribution >= 0.6 is 11.6 Å². The average molecular weight is 531 g/mol. The summed E-state index contributed by atoms with van der Waals surface area (Å²) in [5, 5.41) is 17.2. The number of aryl methyl sites for hydroxylation is 1. The predicted octanol–water partition coefficient (Wildman–Crippen LogP) is 6.77. The van der Waals surface area contributed by atoms with Crippen molar-refractivity contribution in [3.8, 4) is 5.69 Å². The zero-order valence-electron chi connectivity index (χ0n) is 22.6. The van der Waals surface area contributed by atoms with Crippen LogP contribution in [0.4, 0.5) is 5.82 Å². The number of aromatic nitrogens is 4. The summed E-state index contributed by atoms with van der Waals surface area (Å²) in [6.07, 6.45) is 3.94. The fourth-order valence-electron chi connectivity index (χ4n) is 5.49. The molecule has 8 heteroatoms. The van der Waals surface area contributed by atoms with E-state index in [0.29, 0.717) is 23.4 Å². The minimum Gasteiger partial charge on any atom is -0.363 e. The van der Waals surface area contributed by atoms with Gasteiger partial charge in [0.2, 0.25) is 0 Å². The van der Waals surface area contributed by atoms with Gasteiger partial charge in [-0.3, -0.25) is 4.79 Å². The molecule has 1 aliphatic rings. The van der Waals surface area contributed by atoms with Crippen LogP contribution in [0, 0.1) is 6.92 Å². The topological polar surface area (TPSA) is 76.8 Å². The molecular formula is C30H35ClN6O. The number of halogens is 1. The molecule has 2 aromatic heterocycles. The maximum atomic E-state index is 13.9. The zero-order chi connectivity index (χ0) is 27.1. The van der Waals surface area contributed by atoms with E-state index in [1.54, 1.807) is 6.20 Å². The third kappa shape index (κ3) is 4.60. The molecular weight excluding hydrogens is 496 g/mol. The van der Waals surface area contributed by atoms with E-state index in [4.69, 9.17) is 16.7 Å². The molecule has 198 valence electrons. The Kier molecular flexibility index (Phi) is 6.82. The second-order valence-corrected chi connectivity index (χ2v) is 11.2. The second-order valence-electron chi connectivity index (χ2n) is 10.7. The molecule has 38 heavy (non-hydrogen) atoms. The lowest BCUT2D eigenvalue weighted by atomic mass is 9.88. The first-order chi connectivity index (χ1) is 18.2. The monoisotopic (exact) mass is 530 g/mol. The van der Waals surface area contributed by atoms with E-state index in [1.165, 1.54) is 5.56 Å². The van der Waals surface area contributed by atoms with Gasteiger partial charge < -0.3 is 10.6 Å². The van der Waals surface area contributed by atoms with Gasteiger partial charge in [0.25, 0.3) is 5.91 Å². The van der Waals surface area contributed by atoms with Crippen molar-refractivity contribution in [2.24, 2.45) is 0 Å². The number of rotatable bonds is 7. The standard InChI is InChI=1S/C30H35ClN6O/c1-6-30(7-2,26-17-20(3)36(35-26)23-15-13-22(31)14-16-23)34-28(38)24-19-32-37-27(24)33-25(18-29(37,4)5)21-11-9-8-10-12-21/h8-17,19,25,33H,6-7,18H2,1-5H3,(H,34,38). The zero-order valence-corrected chi connectivity index (χ0v) is 23.4. The van der Waals surface area contributed by atoms with Gasteiger partial charge in [-0.05, 0) is 75.9 Å². The molecule has 2 aromatic carbocycles. The molecule has 1 atom stereocenters. The number of nitrogens with one attached hydrogen (secondary N) is 2. The minimum atomic E-state index is -0.628. The average Bonchev–Trinajstić information content (AvgIpc) is 3.53.